The second kappa shape index (κ2) is 6.98. The fourth-order valence-corrected chi connectivity index (χ4v) is 1.73. The van der Waals surface area contributed by atoms with Gasteiger partial charge in [0.05, 0.1) is 24.9 Å². The van der Waals surface area contributed by atoms with Crippen LogP contribution in [0, 0.1) is 5.82 Å². The van der Waals surface area contributed by atoms with Gasteiger partial charge in [0.25, 0.3) is 0 Å². The van der Waals surface area contributed by atoms with Crippen LogP contribution in [-0.2, 0) is 9.47 Å². The average molecular weight is 269 g/mol. The first-order valence-corrected chi connectivity index (χ1v) is 6.56. The summed E-state index contributed by atoms with van der Waals surface area (Å²) in [6.45, 7) is 8.83. The number of benzene rings is 1. The molecule has 0 amide bonds. The molecule has 0 fully saturated rings. The molecule has 1 rings (SSSR count). The topological polar surface area (TPSA) is 44.5 Å². The van der Waals surface area contributed by atoms with E-state index < -0.39 is 0 Å². The first-order valence-electron chi connectivity index (χ1n) is 6.56. The first kappa shape index (κ1) is 16.1. The summed E-state index contributed by atoms with van der Waals surface area (Å²) >= 11 is 0. The predicted octanol–water partition coefficient (Wildman–Crippen LogP) is 3.05. The van der Waals surface area contributed by atoms with Crippen molar-refractivity contribution in [1.82, 2.24) is 0 Å². The third kappa shape index (κ3) is 6.14. The Morgan fingerprint density at radius 3 is 2.21 bits per heavy atom. The Balaban J connectivity index is 2.52. The summed E-state index contributed by atoms with van der Waals surface area (Å²) in [5, 5.41) is 0. The van der Waals surface area contributed by atoms with Gasteiger partial charge < -0.3 is 15.2 Å². The van der Waals surface area contributed by atoms with E-state index in [0.29, 0.717) is 13.2 Å². The van der Waals surface area contributed by atoms with Crippen LogP contribution in [0.25, 0.3) is 0 Å². The van der Waals surface area contributed by atoms with Crippen molar-refractivity contribution in [3.63, 3.8) is 0 Å². The second-order valence-corrected chi connectivity index (χ2v) is 5.66. The Morgan fingerprint density at radius 2 is 1.74 bits per heavy atom. The molecule has 0 aliphatic carbocycles. The molecule has 0 aliphatic heterocycles. The number of hydrogen-bond donors (Lipinski definition) is 1. The smallest absolute Gasteiger partial charge is 0.123 e. The number of rotatable bonds is 6. The lowest BCUT2D eigenvalue weighted by Gasteiger charge is -2.24. The minimum absolute atomic E-state index is 0.167. The van der Waals surface area contributed by atoms with Crippen molar-refractivity contribution >= 4 is 0 Å². The molecule has 0 spiro atoms. The van der Waals surface area contributed by atoms with E-state index in [1.807, 2.05) is 27.7 Å². The van der Waals surface area contributed by atoms with Crippen LogP contribution < -0.4 is 5.73 Å². The van der Waals surface area contributed by atoms with Crippen LogP contribution in [0.4, 0.5) is 4.39 Å². The quantitative estimate of drug-likeness (QED) is 0.807. The number of ether oxygens (including phenoxy) is 2. The van der Waals surface area contributed by atoms with Crippen molar-refractivity contribution in [3.05, 3.63) is 35.6 Å². The standard InChI is InChI=1S/C15H24FNO2/c1-11(17)14(12-5-7-13(16)8-6-12)18-9-10-19-15(2,3)4/h5-8,11,14H,9-10,17H2,1-4H3. The summed E-state index contributed by atoms with van der Waals surface area (Å²) in [6, 6.07) is 6.07. The molecule has 2 unspecified atom stereocenters. The van der Waals surface area contributed by atoms with Crippen LogP contribution in [0.3, 0.4) is 0 Å². The van der Waals surface area contributed by atoms with Gasteiger partial charge in [-0.25, -0.2) is 4.39 Å². The SMILES string of the molecule is CC(N)C(OCCOC(C)(C)C)c1ccc(F)cc1. The molecule has 0 saturated heterocycles. The van der Waals surface area contributed by atoms with E-state index in [4.69, 9.17) is 15.2 Å². The molecule has 2 atom stereocenters. The fourth-order valence-electron chi connectivity index (χ4n) is 1.73. The zero-order valence-corrected chi connectivity index (χ0v) is 12.2. The van der Waals surface area contributed by atoms with Gasteiger partial charge in [0.1, 0.15) is 5.82 Å². The first-order chi connectivity index (χ1) is 8.79. The lowest BCUT2D eigenvalue weighted by molar-refractivity contribution is -0.0558. The Labute approximate surface area is 114 Å². The molecular weight excluding hydrogens is 245 g/mol. The van der Waals surface area contributed by atoms with Gasteiger partial charge in [-0.1, -0.05) is 12.1 Å². The van der Waals surface area contributed by atoms with Gasteiger partial charge in [0.15, 0.2) is 0 Å². The van der Waals surface area contributed by atoms with Crippen LogP contribution in [0.5, 0.6) is 0 Å². The average Bonchev–Trinajstić information content (AvgIpc) is 2.29. The summed E-state index contributed by atoms with van der Waals surface area (Å²) in [5.74, 6) is -0.261. The summed E-state index contributed by atoms with van der Waals surface area (Å²) in [6.07, 6.45) is -0.246. The highest BCUT2D eigenvalue weighted by Gasteiger charge is 2.17. The predicted molar refractivity (Wildman–Crippen MR) is 74.4 cm³/mol. The van der Waals surface area contributed by atoms with Gasteiger partial charge in [-0.2, -0.15) is 0 Å². The Morgan fingerprint density at radius 1 is 1.16 bits per heavy atom. The van der Waals surface area contributed by atoms with Crippen LogP contribution in [0.2, 0.25) is 0 Å². The third-order valence-corrected chi connectivity index (χ3v) is 2.59. The van der Waals surface area contributed by atoms with Crippen molar-refractivity contribution in [2.45, 2.75) is 45.4 Å². The highest BCUT2D eigenvalue weighted by molar-refractivity contribution is 5.19. The molecule has 3 nitrogen and oxygen atoms in total. The van der Waals surface area contributed by atoms with E-state index in [0.717, 1.165) is 5.56 Å². The molecule has 108 valence electrons. The van der Waals surface area contributed by atoms with Crippen molar-refractivity contribution in [2.75, 3.05) is 13.2 Å². The third-order valence-electron chi connectivity index (χ3n) is 2.59. The highest BCUT2D eigenvalue weighted by atomic mass is 19.1. The van der Waals surface area contributed by atoms with E-state index >= 15 is 0 Å². The molecule has 0 radical (unpaired) electrons. The second-order valence-electron chi connectivity index (χ2n) is 5.66. The largest absolute Gasteiger partial charge is 0.373 e. The van der Waals surface area contributed by atoms with Gasteiger partial charge in [-0.15, -0.1) is 0 Å². The van der Waals surface area contributed by atoms with Crippen LogP contribution in [0.15, 0.2) is 24.3 Å². The van der Waals surface area contributed by atoms with Crippen molar-refractivity contribution in [3.8, 4) is 0 Å². The summed E-state index contributed by atoms with van der Waals surface area (Å²) in [4.78, 5) is 0. The van der Waals surface area contributed by atoms with E-state index in [-0.39, 0.29) is 23.6 Å². The number of hydrogen-bond acceptors (Lipinski definition) is 3. The summed E-state index contributed by atoms with van der Waals surface area (Å²) < 4.78 is 24.2. The minimum Gasteiger partial charge on any atom is -0.373 e. The molecular formula is C15H24FNO2. The van der Waals surface area contributed by atoms with Crippen molar-refractivity contribution < 1.29 is 13.9 Å². The van der Waals surface area contributed by atoms with E-state index in [1.54, 1.807) is 12.1 Å². The normalized spacial score (nSPS) is 15.3. The highest BCUT2D eigenvalue weighted by Crippen LogP contribution is 2.20. The zero-order valence-electron chi connectivity index (χ0n) is 12.2. The Hall–Kier alpha value is -0.970. The maximum Gasteiger partial charge on any atom is 0.123 e. The summed E-state index contributed by atoms with van der Waals surface area (Å²) in [7, 11) is 0. The van der Waals surface area contributed by atoms with E-state index in [2.05, 4.69) is 0 Å². The van der Waals surface area contributed by atoms with E-state index in [1.165, 1.54) is 12.1 Å². The zero-order chi connectivity index (χ0) is 14.5. The molecule has 4 heteroatoms. The van der Waals surface area contributed by atoms with Gasteiger partial charge in [0.2, 0.25) is 0 Å². The Bertz CT molecular complexity index is 371. The maximum absolute atomic E-state index is 12.9. The van der Waals surface area contributed by atoms with Gasteiger partial charge >= 0.3 is 0 Å². The molecule has 2 N–H and O–H groups in total. The molecule has 1 aromatic carbocycles. The fraction of sp³-hybridized carbons (Fsp3) is 0.600. The van der Waals surface area contributed by atoms with E-state index in [9.17, 15) is 4.39 Å². The molecule has 0 saturated carbocycles. The monoisotopic (exact) mass is 269 g/mol. The van der Waals surface area contributed by atoms with Crippen LogP contribution in [0.1, 0.15) is 39.4 Å². The van der Waals surface area contributed by atoms with Crippen LogP contribution >= 0.6 is 0 Å². The maximum atomic E-state index is 12.9. The number of halogens is 1. The molecule has 0 aliphatic rings. The van der Waals surface area contributed by atoms with Gasteiger partial charge in [0, 0.05) is 6.04 Å². The van der Waals surface area contributed by atoms with Crippen molar-refractivity contribution in [2.24, 2.45) is 5.73 Å². The molecule has 0 heterocycles. The van der Waals surface area contributed by atoms with Gasteiger partial charge in [-0.05, 0) is 45.4 Å². The number of nitrogens with two attached hydrogens (primary N) is 1. The van der Waals surface area contributed by atoms with Gasteiger partial charge in [-0.3, -0.25) is 0 Å². The Kier molecular flexibility index (Phi) is 5.91. The minimum atomic E-state index is -0.261. The summed E-state index contributed by atoms with van der Waals surface area (Å²) in [5.41, 5.74) is 6.62. The molecule has 19 heavy (non-hydrogen) atoms. The van der Waals surface area contributed by atoms with Crippen LogP contribution in [-0.4, -0.2) is 24.9 Å². The molecule has 1 aromatic rings. The molecule has 0 bridgehead atoms. The van der Waals surface area contributed by atoms with Crippen molar-refractivity contribution in [1.29, 1.82) is 0 Å². The lowest BCUT2D eigenvalue weighted by atomic mass is 10.0. The molecule has 0 aromatic heterocycles. The lowest BCUT2D eigenvalue weighted by Crippen LogP contribution is -2.29.